The molecule has 4 aromatic rings. The lowest BCUT2D eigenvalue weighted by Crippen LogP contribution is -2.30. The summed E-state index contributed by atoms with van der Waals surface area (Å²) >= 11 is 6.01. The summed E-state index contributed by atoms with van der Waals surface area (Å²) in [5.41, 5.74) is 10.2. The Morgan fingerprint density at radius 2 is 1.70 bits per heavy atom. The Bertz CT molecular complexity index is 1680. The number of rotatable bonds is 6. The number of methoxy groups -OCH3 is 1. The first kappa shape index (κ1) is 30.3. The molecule has 7 nitrogen and oxygen atoms in total. The van der Waals surface area contributed by atoms with E-state index in [1.54, 1.807) is 7.11 Å². The van der Waals surface area contributed by atoms with Gasteiger partial charge in [0.05, 0.1) is 36.3 Å². The Hall–Kier alpha value is -4.17. The molecule has 0 radical (unpaired) electrons. The predicted molar refractivity (Wildman–Crippen MR) is 178 cm³/mol. The van der Waals surface area contributed by atoms with E-state index in [0.717, 1.165) is 28.3 Å². The zero-order valence-electron chi connectivity index (χ0n) is 26.5. The van der Waals surface area contributed by atoms with Crippen molar-refractivity contribution >= 4 is 34.6 Å². The van der Waals surface area contributed by atoms with E-state index in [2.05, 4.69) is 72.9 Å². The molecule has 1 saturated heterocycles. The van der Waals surface area contributed by atoms with Gasteiger partial charge in [0, 0.05) is 34.8 Å². The van der Waals surface area contributed by atoms with Gasteiger partial charge in [0.15, 0.2) is 5.11 Å². The highest BCUT2D eigenvalue weighted by Crippen LogP contribution is 2.45. The first-order chi connectivity index (χ1) is 20.3. The summed E-state index contributed by atoms with van der Waals surface area (Å²) in [6.07, 6.45) is 1.82. The minimum atomic E-state index is -0.540. The minimum absolute atomic E-state index is 0.0841. The largest absolute Gasteiger partial charge is 0.494 e. The van der Waals surface area contributed by atoms with Gasteiger partial charge < -0.3 is 24.8 Å². The van der Waals surface area contributed by atoms with Gasteiger partial charge in [0.1, 0.15) is 5.75 Å². The summed E-state index contributed by atoms with van der Waals surface area (Å²) in [4.78, 5) is 19.6. The molecular weight excluding hydrogens is 554 g/mol. The van der Waals surface area contributed by atoms with E-state index in [4.69, 9.17) is 21.9 Å². The molecule has 5 rings (SSSR count). The normalized spacial score (nSPS) is 16.8. The highest BCUT2D eigenvalue weighted by molar-refractivity contribution is 7.80. The maximum Gasteiger partial charge on any atom is 0.229 e. The average molecular weight is 596 g/mol. The van der Waals surface area contributed by atoms with E-state index in [9.17, 15) is 4.79 Å². The van der Waals surface area contributed by atoms with Crippen LogP contribution in [0.5, 0.6) is 5.75 Å². The quantitative estimate of drug-likeness (QED) is 0.224. The van der Waals surface area contributed by atoms with E-state index in [0.29, 0.717) is 16.5 Å². The zero-order chi connectivity index (χ0) is 31.2. The number of amides is 1. The standard InChI is InChI=1S/C35H41N5O2S/c1-20-16-21(2)31(22(3)17-20)39-23(4)18-26(24(39)5)32-30(28-12-10-11-15-36-28)38-34(43)40(32)25-13-14-27(29(19-25)42-9)37-33(41)35(6,7)8/h10-19,30,32H,1-9H3,(H,37,41)(H,38,43). The molecule has 0 bridgehead atoms. The number of aromatic nitrogens is 2. The monoisotopic (exact) mass is 595 g/mol. The number of nitrogens with one attached hydrogen (secondary N) is 2. The first-order valence-electron chi connectivity index (χ1n) is 14.6. The van der Waals surface area contributed by atoms with E-state index in [1.807, 2.05) is 63.4 Å². The fraction of sp³-hybridized carbons (Fsp3) is 0.343. The molecule has 2 atom stereocenters. The maximum absolute atomic E-state index is 12.8. The Morgan fingerprint density at radius 3 is 2.30 bits per heavy atom. The number of carbonyl (C=O) groups is 1. The van der Waals surface area contributed by atoms with Crippen LogP contribution in [0, 0.1) is 40.0 Å². The number of thiocarbonyl (C=S) groups is 1. The summed E-state index contributed by atoms with van der Waals surface area (Å²) in [5.74, 6) is 0.480. The molecule has 1 aliphatic heterocycles. The van der Waals surface area contributed by atoms with Crippen molar-refractivity contribution in [1.82, 2.24) is 14.9 Å². The van der Waals surface area contributed by atoms with Crippen LogP contribution < -0.4 is 20.3 Å². The molecule has 1 amide bonds. The molecule has 3 heterocycles. The number of aryl methyl sites for hydroxylation is 4. The van der Waals surface area contributed by atoms with Crippen molar-refractivity contribution in [2.45, 2.75) is 67.5 Å². The number of carbonyl (C=O) groups excluding carboxylic acids is 1. The minimum Gasteiger partial charge on any atom is -0.494 e. The van der Waals surface area contributed by atoms with Crippen molar-refractivity contribution in [3.05, 3.63) is 100 Å². The number of nitrogens with zero attached hydrogens (tertiary/aromatic N) is 3. The van der Waals surface area contributed by atoms with Gasteiger partial charge in [-0.25, -0.2) is 0 Å². The van der Waals surface area contributed by atoms with Crippen molar-refractivity contribution in [2.24, 2.45) is 5.41 Å². The molecule has 2 aromatic carbocycles. The van der Waals surface area contributed by atoms with Crippen LogP contribution in [-0.2, 0) is 4.79 Å². The maximum atomic E-state index is 12.8. The van der Waals surface area contributed by atoms with Crippen molar-refractivity contribution in [3.63, 3.8) is 0 Å². The van der Waals surface area contributed by atoms with Crippen molar-refractivity contribution in [2.75, 3.05) is 17.3 Å². The summed E-state index contributed by atoms with van der Waals surface area (Å²) in [6.45, 7) is 16.5. The Balaban J connectivity index is 1.66. The second-order valence-electron chi connectivity index (χ2n) is 12.5. The lowest BCUT2D eigenvalue weighted by Gasteiger charge is -2.29. The van der Waals surface area contributed by atoms with E-state index >= 15 is 0 Å². The molecule has 2 N–H and O–H groups in total. The molecule has 8 heteroatoms. The van der Waals surface area contributed by atoms with Crippen LogP contribution in [0.25, 0.3) is 5.69 Å². The van der Waals surface area contributed by atoms with Crippen LogP contribution in [0.2, 0.25) is 0 Å². The van der Waals surface area contributed by atoms with Crippen LogP contribution in [-0.4, -0.2) is 27.7 Å². The van der Waals surface area contributed by atoms with Gasteiger partial charge >= 0.3 is 0 Å². The van der Waals surface area contributed by atoms with Gasteiger partial charge in [0.2, 0.25) is 5.91 Å². The van der Waals surface area contributed by atoms with E-state index in [1.165, 1.54) is 22.4 Å². The fourth-order valence-electron chi connectivity index (χ4n) is 6.15. The van der Waals surface area contributed by atoms with Gasteiger partial charge in [-0.05, 0) is 93.9 Å². The van der Waals surface area contributed by atoms with Crippen LogP contribution in [0.3, 0.4) is 0 Å². The summed E-state index contributed by atoms with van der Waals surface area (Å²) in [5, 5.41) is 7.19. The molecule has 0 spiro atoms. The highest BCUT2D eigenvalue weighted by Gasteiger charge is 2.42. The second kappa shape index (κ2) is 11.5. The number of hydrogen-bond acceptors (Lipinski definition) is 4. The van der Waals surface area contributed by atoms with Crippen molar-refractivity contribution < 1.29 is 9.53 Å². The molecule has 2 aromatic heterocycles. The van der Waals surface area contributed by atoms with Crippen molar-refractivity contribution in [3.8, 4) is 11.4 Å². The lowest BCUT2D eigenvalue weighted by atomic mass is 9.95. The van der Waals surface area contributed by atoms with Crippen LogP contribution in [0.15, 0.2) is 60.8 Å². The third kappa shape index (κ3) is 5.64. The summed E-state index contributed by atoms with van der Waals surface area (Å²) in [7, 11) is 1.61. The lowest BCUT2D eigenvalue weighted by molar-refractivity contribution is -0.123. The smallest absolute Gasteiger partial charge is 0.229 e. The molecular formula is C35H41N5O2S. The van der Waals surface area contributed by atoms with Gasteiger partial charge in [-0.1, -0.05) is 44.5 Å². The molecule has 1 aliphatic rings. The van der Waals surface area contributed by atoms with Crippen LogP contribution >= 0.6 is 12.2 Å². The fourth-order valence-corrected chi connectivity index (χ4v) is 6.49. The third-order valence-electron chi connectivity index (χ3n) is 8.14. The topological polar surface area (TPSA) is 71.4 Å². The summed E-state index contributed by atoms with van der Waals surface area (Å²) in [6, 6.07) is 18.1. The van der Waals surface area contributed by atoms with E-state index in [-0.39, 0.29) is 18.0 Å². The Labute approximate surface area is 260 Å². The summed E-state index contributed by atoms with van der Waals surface area (Å²) < 4.78 is 8.13. The third-order valence-corrected chi connectivity index (χ3v) is 8.45. The van der Waals surface area contributed by atoms with Gasteiger partial charge in [-0.3, -0.25) is 9.78 Å². The highest BCUT2D eigenvalue weighted by atomic mass is 32.1. The Kier molecular flexibility index (Phi) is 8.09. The second-order valence-corrected chi connectivity index (χ2v) is 12.9. The predicted octanol–water partition coefficient (Wildman–Crippen LogP) is 7.58. The van der Waals surface area contributed by atoms with Gasteiger partial charge in [-0.15, -0.1) is 0 Å². The SMILES string of the molecule is COc1cc(N2C(=S)NC(c3ccccn3)C2c2cc(C)n(-c3c(C)cc(C)cc3C)c2C)ccc1NC(=O)C(C)(C)C. The number of hydrogen-bond donors (Lipinski definition) is 2. The molecule has 0 aliphatic carbocycles. The average Bonchev–Trinajstić information content (AvgIpc) is 3.43. The number of ether oxygens (including phenoxy) is 1. The van der Waals surface area contributed by atoms with E-state index < -0.39 is 5.41 Å². The molecule has 2 unspecified atom stereocenters. The van der Waals surface area contributed by atoms with Gasteiger partial charge in [0.25, 0.3) is 0 Å². The number of pyridine rings is 1. The van der Waals surface area contributed by atoms with Crippen LogP contribution in [0.4, 0.5) is 11.4 Å². The molecule has 1 fully saturated rings. The molecule has 43 heavy (non-hydrogen) atoms. The van der Waals surface area contributed by atoms with Crippen LogP contribution in [0.1, 0.15) is 72.2 Å². The molecule has 0 saturated carbocycles. The van der Waals surface area contributed by atoms with Crippen molar-refractivity contribution in [1.29, 1.82) is 0 Å². The number of anilines is 2. The first-order valence-corrected chi connectivity index (χ1v) is 15.0. The van der Waals surface area contributed by atoms with Gasteiger partial charge in [-0.2, -0.15) is 0 Å². The Morgan fingerprint density at radius 1 is 1.00 bits per heavy atom. The zero-order valence-corrected chi connectivity index (χ0v) is 27.3. The number of benzene rings is 2. The molecule has 224 valence electrons.